The first-order chi connectivity index (χ1) is 13.3. The Morgan fingerprint density at radius 3 is 2.14 bits per heavy atom. The Hall–Kier alpha value is -2.32. The number of nitrogens with zero attached hydrogens (tertiary/aromatic N) is 1. The zero-order valence-electron chi connectivity index (χ0n) is 18.4. The minimum Gasteiger partial charge on any atom is -0.497 e. The molecule has 1 aliphatic heterocycles. The molecule has 0 bridgehead atoms. The highest BCUT2D eigenvalue weighted by molar-refractivity contribution is 6.63. The molecular weight excluding hydrogens is 371 g/mol. The number of aromatic amines is 1. The van der Waals surface area contributed by atoms with Gasteiger partial charge >= 0.3 is 12.8 Å². The van der Waals surface area contributed by atoms with Gasteiger partial charge in [0.1, 0.15) is 5.75 Å². The summed E-state index contributed by atoms with van der Waals surface area (Å²) in [5.74, 6) is 0.664. The molecule has 3 rings (SSSR count). The fourth-order valence-corrected chi connectivity index (χ4v) is 3.33. The molecule has 8 heteroatoms. The van der Waals surface area contributed by atoms with Crippen molar-refractivity contribution in [1.82, 2.24) is 9.55 Å². The van der Waals surface area contributed by atoms with Crippen molar-refractivity contribution in [2.24, 2.45) is 0 Å². The molecule has 0 amide bonds. The SMILES string of the molecule is COc1c(B2OC(C)(C)C(C)(C)O2)cc(-n2ccc(=O)[nH]c2=O)cc1C(C)(C)C. The van der Waals surface area contributed by atoms with Crippen LogP contribution in [0, 0.1) is 0 Å². The molecule has 1 aromatic heterocycles. The minimum absolute atomic E-state index is 0.272. The van der Waals surface area contributed by atoms with Gasteiger partial charge in [0.25, 0.3) is 5.56 Å². The number of aromatic nitrogens is 2. The third kappa shape index (κ3) is 3.79. The third-order valence-electron chi connectivity index (χ3n) is 5.72. The van der Waals surface area contributed by atoms with Gasteiger partial charge in [0.15, 0.2) is 0 Å². The Balaban J connectivity index is 2.27. The molecule has 1 saturated heterocycles. The molecule has 7 nitrogen and oxygen atoms in total. The Morgan fingerprint density at radius 2 is 1.66 bits per heavy atom. The first-order valence-electron chi connectivity index (χ1n) is 9.67. The number of benzene rings is 1. The number of methoxy groups -OCH3 is 1. The van der Waals surface area contributed by atoms with E-state index >= 15 is 0 Å². The van der Waals surface area contributed by atoms with Gasteiger partial charge in [-0.2, -0.15) is 0 Å². The van der Waals surface area contributed by atoms with Gasteiger partial charge < -0.3 is 14.0 Å². The van der Waals surface area contributed by atoms with Crippen molar-refractivity contribution in [1.29, 1.82) is 0 Å². The molecule has 2 aromatic rings. The molecular formula is C21H29BN2O5. The van der Waals surface area contributed by atoms with Crippen LogP contribution in [0.1, 0.15) is 54.0 Å². The van der Waals surface area contributed by atoms with Crippen LogP contribution in [0.2, 0.25) is 0 Å². The van der Waals surface area contributed by atoms with Gasteiger partial charge in [-0.3, -0.25) is 14.3 Å². The minimum atomic E-state index is -0.658. The van der Waals surface area contributed by atoms with Gasteiger partial charge in [0.05, 0.1) is 24.0 Å². The van der Waals surface area contributed by atoms with E-state index in [0.717, 1.165) is 5.56 Å². The number of H-pyrrole nitrogens is 1. The first-order valence-corrected chi connectivity index (χ1v) is 9.67. The van der Waals surface area contributed by atoms with Crippen molar-refractivity contribution < 1.29 is 14.0 Å². The molecule has 156 valence electrons. The number of nitrogens with one attached hydrogen (secondary N) is 1. The molecule has 1 N–H and O–H groups in total. The maximum absolute atomic E-state index is 12.4. The van der Waals surface area contributed by atoms with Crippen LogP contribution in [0.3, 0.4) is 0 Å². The van der Waals surface area contributed by atoms with Gasteiger partial charge in [-0.15, -0.1) is 0 Å². The van der Waals surface area contributed by atoms with Gasteiger partial charge in [0.2, 0.25) is 0 Å². The van der Waals surface area contributed by atoms with Crippen molar-refractivity contribution in [3.05, 3.63) is 50.8 Å². The van der Waals surface area contributed by atoms with E-state index in [9.17, 15) is 9.59 Å². The number of hydrogen-bond donors (Lipinski definition) is 1. The molecule has 2 heterocycles. The second-order valence-corrected chi connectivity index (χ2v) is 9.43. The molecule has 0 unspecified atom stereocenters. The number of rotatable bonds is 3. The number of hydrogen-bond acceptors (Lipinski definition) is 5. The summed E-state index contributed by atoms with van der Waals surface area (Å²) in [4.78, 5) is 26.2. The van der Waals surface area contributed by atoms with Crippen LogP contribution < -0.4 is 21.4 Å². The highest BCUT2D eigenvalue weighted by Crippen LogP contribution is 2.39. The van der Waals surface area contributed by atoms with E-state index in [0.29, 0.717) is 16.9 Å². The summed E-state index contributed by atoms with van der Waals surface area (Å²) in [6.45, 7) is 14.1. The van der Waals surface area contributed by atoms with E-state index in [-0.39, 0.29) is 5.41 Å². The van der Waals surface area contributed by atoms with Crippen LogP contribution in [-0.4, -0.2) is 35.0 Å². The number of ether oxygens (including phenoxy) is 1. The molecule has 29 heavy (non-hydrogen) atoms. The molecule has 1 fully saturated rings. The van der Waals surface area contributed by atoms with Crippen molar-refractivity contribution in [3.8, 4) is 11.4 Å². The normalized spacial score (nSPS) is 18.1. The quantitative estimate of drug-likeness (QED) is 0.799. The highest BCUT2D eigenvalue weighted by Gasteiger charge is 2.53. The van der Waals surface area contributed by atoms with E-state index < -0.39 is 29.6 Å². The molecule has 0 atom stereocenters. The Kier molecular flexibility index (Phi) is 5.08. The van der Waals surface area contributed by atoms with Crippen molar-refractivity contribution >= 4 is 12.6 Å². The van der Waals surface area contributed by atoms with E-state index in [1.165, 1.54) is 16.8 Å². The smallest absolute Gasteiger partial charge is 0.497 e. The van der Waals surface area contributed by atoms with Crippen LogP contribution in [-0.2, 0) is 14.7 Å². The largest absolute Gasteiger partial charge is 0.498 e. The van der Waals surface area contributed by atoms with Crippen LogP contribution in [0.5, 0.6) is 5.75 Å². The predicted molar refractivity (Wildman–Crippen MR) is 114 cm³/mol. The van der Waals surface area contributed by atoms with Gasteiger partial charge in [-0.05, 0) is 45.2 Å². The topological polar surface area (TPSA) is 82.6 Å². The fraction of sp³-hybridized carbons (Fsp3) is 0.524. The summed E-state index contributed by atoms with van der Waals surface area (Å²) in [6.07, 6.45) is 1.46. The van der Waals surface area contributed by atoms with Gasteiger partial charge in [0, 0.05) is 23.3 Å². The lowest BCUT2D eigenvalue weighted by molar-refractivity contribution is 0.00578. The van der Waals surface area contributed by atoms with Crippen LogP contribution in [0.4, 0.5) is 0 Å². The monoisotopic (exact) mass is 400 g/mol. The van der Waals surface area contributed by atoms with E-state index in [4.69, 9.17) is 14.0 Å². The molecule has 0 spiro atoms. The maximum atomic E-state index is 12.4. The van der Waals surface area contributed by atoms with Crippen molar-refractivity contribution in [2.45, 2.75) is 65.1 Å². The lowest BCUT2D eigenvalue weighted by Crippen LogP contribution is -2.41. The molecule has 1 aromatic carbocycles. The summed E-state index contributed by atoms with van der Waals surface area (Å²) >= 11 is 0. The Labute approximate surface area is 171 Å². The van der Waals surface area contributed by atoms with E-state index in [2.05, 4.69) is 25.8 Å². The summed E-state index contributed by atoms with van der Waals surface area (Å²) in [5, 5.41) is 0. The van der Waals surface area contributed by atoms with Crippen LogP contribution in [0.15, 0.2) is 34.0 Å². The Morgan fingerprint density at radius 1 is 1.07 bits per heavy atom. The van der Waals surface area contributed by atoms with Gasteiger partial charge in [-0.25, -0.2) is 4.79 Å². The summed E-state index contributed by atoms with van der Waals surface area (Å²) < 4.78 is 19.7. The lowest BCUT2D eigenvalue weighted by atomic mass is 9.73. The molecule has 0 radical (unpaired) electrons. The molecule has 0 saturated carbocycles. The Bertz CT molecular complexity index is 1030. The van der Waals surface area contributed by atoms with Gasteiger partial charge in [-0.1, -0.05) is 20.8 Å². The second-order valence-electron chi connectivity index (χ2n) is 9.43. The zero-order valence-corrected chi connectivity index (χ0v) is 18.4. The van der Waals surface area contributed by atoms with Crippen molar-refractivity contribution in [3.63, 3.8) is 0 Å². The lowest BCUT2D eigenvalue weighted by Gasteiger charge is -2.32. The standard InChI is InChI=1S/C21H29BN2O5/c1-19(2,3)14-11-13(24-10-9-16(25)23-18(24)26)12-15(17(14)27-8)22-28-20(4,5)21(6,7)29-22/h9-12H,1-8H3,(H,23,25,26). The maximum Gasteiger partial charge on any atom is 0.498 e. The van der Waals surface area contributed by atoms with E-state index in [1.807, 2.05) is 39.8 Å². The van der Waals surface area contributed by atoms with Crippen molar-refractivity contribution in [2.75, 3.05) is 7.11 Å². The zero-order chi connectivity index (χ0) is 21.8. The average molecular weight is 400 g/mol. The highest BCUT2D eigenvalue weighted by atomic mass is 16.7. The van der Waals surface area contributed by atoms with Crippen LogP contribution in [0.25, 0.3) is 5.69 Å². The third-order valence-corrected chi connectivity index (χ3v) is 5.72. The predicted octanol–water partition coefficient (Wildman–Crippen LogP) is 2.13. The molecule has 0 aliphatic carbocycles. The summed E-state index contributed by atoms with van der Waals surface area (Å²) in [6, 6.07) is 5.03. The summed E-state index contributed by atoms with van der Waals surface area (Å²) in [7, 11) is 0.958. The second kappa shape index (κ2) is 6.88. The molecule has 1 aliphatic rings. The van der Waals surface area contributed by atoms with E-state index in [1.54, 1.807) is 7.11 Å². The first kappa shape index (κ1) is 21.4. The summed E-state index contributed by atoms with van der Waals surface area (Å²) in [5.41, 5.74) is -0.0610. The van der Waals surface area contributed by atoms with Crippen LogP contribution >= 0.6 is 0 Å². The fourth-order valence-electron chi connectivity index (χ4n) is 3.33. The average Bonchev–Trinajstić information content (AvgIpc) is 2.80.